The van der Waals surface area contributed by atoms with Crippen LogP contribution in [0.3, 0.4) is 0 Å². The predicted octanol–water partition coefficient (Wildman–Crippen LogP) is 6.31. The maximum Gasteiger partial charge on any atom is 0.263 e. The second kappa shape index (κ2) is 8.94. The number of aromatic nitrogens is 3. The van der Waals surface area contributed by atoms with E-state index in [4.69, 9.17) is 9.72 Å². The number of rotatable bonds is 7. The lowest BCUT2D eigenvalue weighted by Crippen LogP contribution is -2.27. The van der Waals surface area contributed by atoms with Crippen LogP contribution in [-0.4, -0.2) is 29.2 Å². The highest BCUT2D eigenvalue weighted by Crippen LogP contribution is 2.27. The number of fused-ring (bicyclic) bond motifs is 2. The third kappa shape index (κ3) is 4.82. The van der Waals surface area contributed by atoms with Crippen molar-refractivity contribution in [3.63, 3.8) is 0 Å². The van der Waals surface area contributed by atoms with E-state index in [1.807, 2.05) is 29.8 Å². The van der Waals surface area contributed by atoms with Crippen molar-refractivity contribution in [1.29, 1.82) is 0 Å². The number of hydrogen-bond donors (Lipinski definition) is 0. The number of benzene rings is 1. The molecular formula is C23H26BrN3O2SSi. The Morgan fingerprint density at radius 3 is 2.77 bits per heavy atom. The molecule has 0 saturated heterocycles. The molecule has 162 valence electrons. The molecule has 0 aliphatic heterocycles. The van der Waals surface area contributed by atoms with E-state index in [0.717, 1.165) is 38.1 Å². The molecule has 3 aromatic heterocycles. The minimum atomic E-state index is -1.22. The predicted molar refractivity (Wildman–Crippen MR) is 136 cm³/mol. The Morgan fingerprint density at radius 2 is 2.03 bits per heavy atom. The van der Waals surface area contributed by atoms with Crippen LogP contribution in [-0.2, 0) is 17.9 Å². The van der Waals surface area contributed by atoms with E-state index < -0.39 is 8.07 Å². The summed E-state index contributed by atoms with van der Waals surface area (Å²) in [4.78, 5) is 23.1. The van der Waals surface area contributed by atoms with E-state index in [0.29, 0.717) is 23.5 Å². The van der Waals surface area contributed by atoms with E-state index in [-0.39, 0.29) is 12.3 Å². The number of ether oxygens (including phenoxy) is 1. The third-order valence-corrected chi connectivity index (χ3v) is 8.30. The first-order valence-corrected chi connectivity index (χ1v) is 15.8. The Kier molecular flexibility index (Phi) is 6.44. The lowest BCUT2D eigenvalue weighted by molar-refractivity contribution is 0.0856. The number of aryl methyl sites for hydroxylation is 1. The molecule has 0 spiro atoms. The van der Waals surface area contributed by atoms with Crippen molar-refractivity contribution in [3.05, 3.63) is 56.2 Å². The van der Waals surface area contributed by atoms with Gasteiger partial charge in [0.2, 0.25) is 0 Å². The highest BCUT2D eigenvalue weighted by molar-refractivity contribution is 9.10. The van der Waals surface area contributed by atoms with Gasteiger partial charge in [0.15, 0.2) is 5.82 Å². The Hall–Kier alpha value is -1.87. The van der Waals surface area contributed by atoms with Crippen LogP contribution in [0.1, 0.15) is 12.5 Å². The molecule has 0 unspecified atom stereocenters. The molecule has 0 fully saturated rings. The molecule has 0 atom stereocenters. The minimum Gasteiger partial charge on any atom is -0.361 e. The number of hydrogen-bond acceptors (Lipinski definition) is 5. The van der Waals surface area contributed by atoms with Crippen LogP contribution in [0, 0.1) is 0 Å². The first-order chi connectivity index (χ1) is 14.8. The van der Waals surface area contributed by atoms with Crippen LogP contribution in [0.4, 0.5) is 0 Å². The standard InChI is InChI=1S/C23H26BrN3O2SSi/c1-5-15-10-17(24)12-18-21(15)26-22(19-11-16-6-8-30-20(16)13-25-19)27(23(18)28)14-29-7-9-31(2,3)4/h6,8,10-13H,5,7,9,14H2,1-4H3. The molecule has 5 nitrogen and oxygen atoms in total. The van der Waals surface area contributed by atoms with Gasteiger partial charge in [-0.15, -0.1) is 11.3 Å². The fraction of sp³-hybridized carbons (Fsp3) is 0.348. The van der Waals surface area contributed by atoms with Crippen molar-refractivity contribution in [2.24, 2.45) is 0 Å². The summed E-state index contributed by atoms with van der Waals surface area (Å²) in [5.41, 5.74) is 2.35. The lowest BCUT2D eigenvalue weighted by Gasteiger charge is -2.18. The van der Waals surface area contributed by atoms with Crippen molar-refractivity contribution in [3.8, 4) is 11.5 Å². The van der Waals surface area contributed by atoms with Crippen molar-refractivity contribution in [2.75, 3.05) is 6.61 Å². The highest BCUT2D eigenvalue weighted by atomic mass is 79.9. The van der Waals surface area contributed by atoms with Crippen LogP contribution in [0.25, 0.3) is 32.5 Å². The smallest absolute Gasteiger partial charge is 0.263 e. The summed E-state index contributed by atoms with van der Waals surface area (Å²) < 4.78 is 9.59. The largest absolute Gasteiger partial charge is 0.361 e. The topological polar surface area (TPSA) is 57.0 Å². The fourth-order valence-corrected chi connectivity index (χ4v) is 5.47. The van der Waals surface area contributed by atoms with E-state index >= 15 is 0 Å². The zero-order chi connectivity index (χ0) is 22.2. The van der Waals surface area contributed by atoms with E-state index in [9.17, 15) is 4.79 Å². The molecule has 0 N–H and O–H groups in total. The maximum absolute atomic E-state index is 13.6. The first-order valence-electron chi connectivity index (χ1n) is 10.4. The van der Waals surface area contributed by atoms with Gasteiger partial charge < -0.3 is 4.74 Å². The van der Waals surface area contributed by atoms with Gasteiger partial charge >= 0.3 is 0 Å². The average molecular weight is 517 g/mol. The quantitative estimate of drug-likeness (QED) is 0.213. The SMILES string of the molecule is CCc1cc(Br)cc2c(=O)n(COCC[Si](C)(C)C)c(-c3cc4ccsc4cn3)nc12. The Morgan fingerprint density at radius 1 is 1.23 bits per heavy atom. The molecule has 8 heteroatoms. The Balaban J connectivity index is 1.86. The van der Waals surface area contributed by atoms with Gasteiger partial charge in [-0.05, 0) is 53.1 Å². The number of pyridine rings is 1. The van der Waals surface area contributed by atoms with Gasteiger partial charge in [0.1, 0.15) is 12.4 Å². The lowest BCUT2D eigenvalue weighted by atomic mass is 10.1. The van der Waals surface area contributed by atoms with Crippen molar-refractivity contribution >= 4 is 56.3 Å². The molecule has 0 radical (unpaired) electrons. The van der Waals surface area contributed by atoms with Gasteiger partial charge in [-0.3, -0.25) is 14.3 Å². The van der Waals surface area contributed by atoms with Gasteiger partial charge in [-0.2, -0.15) is 0 Å². The molecule has 4 rings (SSSR count). The van der Waals surface area contributed by atoms with E-state index in [1.165, 1.54) is 0 Å². The van der Waals surface area contributed by atoms with Crippen LogP contribution >= 0.6 is 27.3 Å². The Labute approximate surface area is 195 Å². The molecule has 0 bridgehead atoms. The molecule has 3 heterocycles. The second-order valence-electron chi connectivity index (χ2n) is 8.86. The van der Waals surface area contributed by atoms with Gasteiger partial charge in [0, 0.05) is 25.4 Å². The number of nitrogens with zero attached hydrogens (tertiary/aromatic N) is 3. The zero-order valence-electron chi connectivity index (χ0n) is 18.2. The summed E-state index contributed by atoms with van der Waals surface area (Å²) >= 11 is 5.19. The summed E-state index contributed by atoms with van der Waals surface area (Å²) in [6.45, 7) is 9.82. The molecule has 0 aliphatic rings. The average Bonchev–Trinajstić information content (AvgIpc) is 3.19. The monoisotopic (exact) mass is 515 g/mol. The van der Waals surface area contributed by atoms with Crippen LogP contribution in [0.15, 0.2) is 45.1 Å². The summed E-state index contributed by atoms with van der Waals surface area (Å²) in [7, 11) is -1.22. The van der Waals surface area contributed by atoms with Gasteiger partial charge in [-0.25, -0.2) is 4.98 Å². The zero-order valence-corrected chi connectivity index (χ0v) is 21.6. The van der Waals surface area contributed by atoms with Crippen molar-refractivity contribution in [2.45, 2.75) is 45.8 Å². The molecule has 0 saturated carbocycles. The third-order valence-electron chi connectivity index (χ3n) is 5.27. The van der Waals surface area contributed by atoms with Crippen LogP contribution < -0.4 is 5.56 Å². The Bertz CT molecular complexity index is 1310. The maximum atomic E-state index is 13.6. The van der Waals surface area contributed by atoms with Gasteiger partial charge in [-0.1, -0.05) is 42.5 Å². The molecular weight excluding hydrogens is 490 g/mol. The molecule has 4 aromatic rings. The second-order valence-corrected chi connectivity index (χ2v) is 16.3. The summed E-state index contributed by atoms with van der Waals surface area (Å²) in [6, 6.07) is 8.99. The fourth-order valence-electron chi connectivity index (χ4n) is 3.47. The van der Waals surface area contributed by atoms with E-state index in [2.05, 4.69) is 53.5 Å². The highest BCUT2D eigenvalue weighted by Gasteiger charge is 2.18. The minimum absolute atomic E-state index is 0.101. The summed E-state index contributed by atoms with van der Waals surface area (Å²) in [6.07, 6.45) is 2.64. The normalized spacial score (nSPS) is 12.2. The van der Waals surface area contributed by atoms with Gasteiger partial charge in [0.25, 0.3) is 5.56 Å². The molecule has 31 heavy (non-hydrogen) atoms. The summed E-state index contributed by atoms with van der Waals surface area (Å²) in [5.74, 6) is 0.552. The van der Waals surface area contributed by atoms with Crippen molar-refractivity contribution < 1.29 is 4.74 Å². The van der Waals surface area contributed by atoms with Crippen LogP contribution in [0.5, 0.6) is 0 Å². The molecule has 0 aliphatic carbocycles. The van der Waals surface area contributed by atoms with Crippen LogP contribution in [0.2, 0.25) is 25.7 Å². The van der Waals surface area contributed by atoms with Gasteiger partial charge in [0.05, 0.1) is 15.6 Å². The summed E-state index contributed by atoms with van der Waals surface area (Å²) in [5, 5.41) is 3.74. The number of halogens is 1. The van der Waals surface area contributed by atoms with Crippen molar-refractivity contribution in [1.82, 2.24) is 14.5 Å². The molecule has 0 amide bonds. The molecule has 1 aromatic carbocycles. The first kappa shape index (κ1) is 22.3. The van der Waals surface area contributed by atoms with E-state index in [1.54, 1.807) is 15.9 Å². The number of thiophene rings is 1.